The molecule has 0 saturated heterocycles. The van der Waals surface area contributed by atoms with Crippen LogP contribution in [0.15, 0.2) is 0 Å². The van der Waals surface area contributed by atoms with E-state index in [0.717, 1.165) is 0 Å². The van der Waals surface area contributed by atoms with Gasteiger partial charge in [-0.3, -0.25) is 0 Å². The van der Waals surface area contributed by atoms with Crippen LogP contribution >= 0.6 is 8.46 Å². The first-order valence-corrected chi connectivity index (χ1v) is 3.20. The van der Waals surface area contributed by atoms with Gasteiger partial charge in [0.05, 0.1) is 6.42 Å². The van der Waals surface area contributed by atoms with Gasteiger partial charge in [-0.05, 0) is 0 Å². The van der Waals surface area contributed by atoms with Gasteiger partial charge in [-0.25, -0.2) is 0 Å². The van der Waals surface area contributed by atoms with Crippen molar-refractivity contribution in [2.24, 2.45) is 0 Å². The lowest BCUT2D eigenvalue weighted by molar-refractivity contribution is -0.311. The first-order chi connectivity index (χ1) is 3.56. The molecule has 3 N–H and O–H groups in total. The van der Waals surface area contributed by atoms with Crippen LogP contribution < -0.4 is 0 Å². The van der Waals surface area contributed by atoms with Crippen molar-refractivity contribution in [1.29, 1.82) is 0 Å². The molecule has 0 spiro atoms. The minimum atomic E-state index is -2.64. The highest BCUT2D eigenvalue weighted by molar-refractivity contribution is 7.23. The van der Waals surface area contributed by atoms with E-state index in [1.165, 1.54) is 0 Å². The maximum absolute atomic E-state index is 9.67. The van der Waals surface area contributed by atoms with Crippen LogP contribution in [0.2, 0.25) is 0 Å². The molecule has 0 aliphatic heterocycles. The fourth-order valence-electron chi connectivity index (χ4n) is 0.219. The first kappa shape index (κ1) is 7.98. The Morgan fingerprint density at radius 2 is 1.88 bits per heavy atom. The Hall–Kier alpha value is -0.0200. The van der Waals surface area contributed by atoms with Gasteiger partial charge in [-0.1, -0.05) is 4.57 Å². The van der Waals surface area contributed by atoms with Gasteiger partial charge in [0.15, 0.2) is 6.16 Å². The quantitative estimate of drug-likeness (QED) is 0.347. The second-order valence-corrected chi connectivity index (χ2v) is 2.21. The summed E-state index contributed by atoms with van der Waals surface area (Å²) < 4.78 is 9.67. The fourth-order valence-corrected chi connectivity index (χ4v) is 0.656. The van der Waals surface area contributed by atoms with Gasteiger partial charge in [0.1, 0.15) is 0 Å². The van der Waals surface area contributed by atoms with Gasteiger partial charge >= 0.3 is 8.46 Å². The first-order valence-electron chi connectivity index (χ1n) is 2.08. The zero-order chi connectivity index (χ0) is 6.62. The molecule has 0 aromatic heterocycles. The van der Waals surface area contributed by atoms with Crippen molar-refractivity contribution in [1.82, 2.24) is 0 Å². The Bertz CT molecular complexity index is 75.8. The Balaban J connectivity index is 3.24. The van der Waals surface area contributed by atoms with Crippen molar-refractivity contribution < 1.29 is 19.9 Å². The lowest BCUT2D eigenvalue weighted by Crippen LogP contribution is -2.27. The third-order valence-electron chi connectivity index (χ3n) is 0.562. The summed E-state index contributed by atoms with van der Waals surface area (Å²) in [5, 5.41) is 24.4. The molecule has 0 rings (SSSR count). The lowest BCUT2D eigenvalue weighted by Gasteiger charge is -2.08. The minimum Gasteiger partial charge on any atom is -0.343 e. The molecular formula is C3H8O4P+. The number of rotatable bonds is 3. The van der Waals surface area contributed by atoms with Crippen molar-refractivity contribution >= 4 is 8.46 Å². The van der Waals surface area contributed by atoms with Crippen molar-refractivity contribution in [2.45, 2.75) is 12.4 Å². The van der Waals surface area contributed by atoms with Crippen molar-refractivity contribution in [3.05, 3.63) is 0 Å². The summed E-state index contributed by atoms with van der Waals surface area (Å²) in [4.78, 5) is 0. The van der Waals surface area contributed by atoms with Gasteiger partial charge in [0, 0.05) is 0 Å². The van der Waals surface area contributed by atoms with Crippen LogP contribution in [0.5, 0.6) is 0 Å². The normalized spacial score (nSPS) is 12.4. The predicted molar refractivity (Wildman–Crippen MR) is 27.9 cm³/mol. The lowest BCUT2D eigenvalue weighted by atomic mass is 10.4. The molecule has 0 aliphatic carbocycles. The summed E-state index contributed by atoms with van der Waals surface area (Å²) in [5.74, 6) is -2.64. The Morgan fingerprint density at radius 3 is 2.00 bits per heavy atom. The van der Waals surface area contributed by atoms with E-state index in [9.17, 15) is 4.57 Å². The summed E-state index contributed by atoms with van der Waals surface area (Å²) in [6.07, 6.45) is -0.168. The van der Waals surface area contributed by atoms with Gasteiger partial charge in [0.2, 0.25) is 0 Å². The SMILES string of the molecule is O=[PH+]CCC(O)(O)O. The molecule has 0 heterocycles. The second-order valence-electron chi connectivity index (χ2n) is 1.42. The largest absolute Gasteiger partial charge is 0.343 e. The van der Waals surface area contributed by atoms with E-state index < -0.39 is 14.4 Å². The Labute approximate surface area is 48.0 Å². The highest BCUT2D eigenvalue weighted by Gasteiger charge is 2.18. The van der Waals surface area contributed by atoms with E-state index >= 15 is 0 Å². The molecule has 0 bridgehead atoms. The van der Waals surface area contributed by atoms with Crippen LogP contribution in [0.3, 0.4) is 0 Å². The van der Waals surface area contributed by atoms with Crippen LogP contribution in [0.1, 0.15) is 6.42 Å². The highest BCUT2D eigenvalue weighted by Crippen LogP contribution is 2.04. The maximum Gasteiger partial charge on any atom is 0.325 e. The standard InChI is InChI=1S/C3H7O4P/c4-3(5,6)1-2-8-7/h4-6H,1-2H2/p+1. The molecule has 0 radical (unpaired) electrons. The van der Waals surface area contributed by atoms with E-state index in [0.29, 0.717) is 0 Å². The molecule has 0 amide bonds. The average molecular weight is 139 g/mol. The van der Waals surface area contributed by atoms with Crippen LogP contribution in [0, 0.1) is 0 Å². The number of hydrogen-bond acceptors (Lipinski definition) is 4. The average Bonchev–Trinajstić information content (AvgIpc) is 1.59. The molecule has 8 heavy (non-hydrogen) atoms. The predicted octanol–water partition coefficient (Wildman–Crippen LogP) is -0.969. The monoisotopic (exact) mass is 139 g/mol. The molecule has 5 heteroatoms. The van der Waals surface area contributed by atoms with Gasteiger partial charge < -0.3 is 15.3 Å². The van der Waals surface area contributed by atoms with Crippen molar-refractivity contribution in [3.63, 3.8) is 0 Å². The molecule has 0 saturated carbocycles. The summed E-state index contributed by atoms with van der Waals surface area (Å²) >= 11 is 0. The topological polar surface area (TPSA) is 77.8 Å². The molecule has 0 aliphatic rings. The Kier molecular flexibility index (Phi) is 3.09. The molecule has 0 aromatic rings. The third kappa shape index (κ3) is 5.98. The summed E-state index contributed by atoms with van der Waals surface area (Å²) in [7, 11) is -0.599. The fraction of sp³-hybridized carbons (Fsp3) is 1.00. The van der Waals surface area contributed by atoms with E-state index in [4.69, 9.17) is 15.3 Å². The van der Waals surface area contributed by atoms with E-state index in [1.54, 1.807) is 0 Å². The zero-order valence-corrected chi connectivity index (χ0v) is 5.16. The van der Waals surface area contributed by atoms with E-state index in [1.807, 2.05) is 0 Å². The third-order valence-corrected chi connectivity index (χ3v) is 1.02. The maximum atomic E-state index is 9.67. The van der Waals surface area contributed by atoms with Crippen LogP contribution in [-0.2, 0) is 4.57 Å². The molecule has 0 aromatic carbocycles. The summed E-state index contributed by atoms with van der Waals surface area (Å²) in [6, 6.07) is 0. The van der Waals surface area contributed by atoms with E-state index in [-0.39, 0.29) is 12.6 Å². The minimum absolute atomic E-state index is 0.101. The Morgan fingerprint density at radius 1 is 1.38 bits per heavy atom. The van der Waals surface area contributed by atoms with Crippen LogP contribution in [0.25, 0.3) is 0 Å². The van der Waals surface area contributed by atoms with Crippen LogP contribution in [0.4, 0.5) is 0 Å². The molecule has 48 valence electrons. The van der Waals surface area contributed by atoms with Gasteiger partial charge in [0.25, 0.3) is 5.97 Å². The van der Waals surface area contributed by atoms with Crippen molar-refractivity contribution in [3.8, 4) is 0 Å². The second kappa shape index (κ2) is 3.10. The van der Waals surface area contributed by atoms with E-state index in [2.05, 4.69) is 0 Å². The molecule has 0 fully saturated rings. The highest BCUT2D eigenvalue weighted by atomic mass is 31.1. The smallest absolute Gasteiger partial charge is 0.325 e. The van der Waals surface area contributed by atoms with Gasteiger partial charge in [-0.2, -0.15) is 0 Å². The molecular weight excluding hydrogens is 131 g/mol. The number of hydrogen-bond donors (Lipinski definition) is 3. The van der Waals surface area contributed by atoms with Gasteiger partial charge in [-0.15, -0.1) is 0 Å². The molecule has 1 atom stereocenters. The molecule has 4 nitrogen and oxygen atoms in total. The van der Waals surface area contributed by atoms with Crippen molar-refractivity contribution in [2.75, 3.05) is 6.16 Å². The summed E-state index contributed by atoms with van der Waals surface area (Å²) in [5.41, 5.74) is 0. The number of aliphatic hydroxyl groups is 3. The molecule has 1 unspecified atom stereocenters. The van der Waals surface area contributed by atoms with Crippen LogP contribution in [-0.4, -0.2) is 27.5 Å². The summed E-state index contributed by atoms with van der Waals surface area (Å²) in [6.45, 7) is 0. The zero-order valence-electron chi connectivity index (χ0n) is 4.16.